The molecule has 0 bridgehead atoms. The summed E-state index contributed by atoms with van der Waals surface area (Å²) in [4.78, 5) is 8.80. The van der Waals surface area contributed by atoms with E-state index >= 15 is 0 Å². The van der Waals surface area contributed by atoms with Gasteiger partial charge < -0.3 is 0 Å². The van der Waals surface area contributed by atoms with E-state index in [1.54, 1.807) is 0 Å². The predicted octanol–water partition coefficient (Wildman–Crippen LogP) is 3.41. The van der Waals surface area contributed by atoms with Crippen LogP contribution in [0, 0.1) is 5.92 Å². The first-order valence-corrected chi connectivity index (χ1v) is 6.19. The van der Waals surface area contributed by atoms with E-state index in [-0.39, 0.29) is 0 Å². The van der Waals surface area contributed by atoms with Crippen LogP contribution < -0.4 is 0 Å². The van der Waals surface area contributed by atoms with Gasteiger partial charge in [0.2, 0.25) is 0 Å². The van der Waals surface area contributed by atoms with E-state index in [0.29, 0.717) is 0 Å². The van der Waals surface area contributed by atoms with Gasteiger partial charge in [-0.15, -0.1) is 0 Å². The van der Waals surface area contributed by atoms with Gasteiger partial charge in [0.1, 0.15) is 0 Å². The monoisotopic (exact) mass is 206 g/mol. The first-order chi connectivity index (χ1) is 7.40. The zero-order valence-corrected chi connectivity index (χ0v) is 10.2. The second-order valence-electron chi connectivity index (χ2n) is 3.82. The summed E-state index contributed by atoms with van der Waals surface area (Å²) >= 11 is 0. The third kappa shape index (κ3) is 3.29. The summed E-state index contributed by atoms with van der Waals surface area (Å²) in [6.07, 6.45) is 9.79. The molecule has 0 radical (unpaired) electrons. The van der Waals surface area contributed by atoms with E-state index in [2.05, 4.69) is 16.9 Å². The SMILES string of the molecule is CC.CCC1CCCc2nccnc2C1. The Morgan fingerprint density at radius 3 is 2.53 bits per heavy atom. The summed E-state index contributed by atoms with van der Waals surface area (Å²) in [7, 11) is 0. The maximum atomic E-state index is 4.41. The van der Waals surface area contributed by atoms with Gasteiger partial charge >= 0.3 is 0 Å². The highest BCUT2D eigenvalue weighted by molar-refractivity contribution is 5.13. The van der Waals surface area contributed by atoms with Crippen molar-refractivity contribution in [3.8, 4) is 0 Å². The van der Waals surface area contributed by atoms with Crippen molar-refractivity contribution >= 4 is 0 Å². The molecule has 0 aromatic carbocycles. The molecule has 1 aliphatic rings. The lowest BCUT2D eigenvalue weighted by Gasteiger charge is -2.09. The normalized spacial score (nSPS) is 19.5. The molecular formula is C13H22N2. The molecule has 0 saturated heterocycles. The van der Waals surface area contributed by atoms with Gasteiger partial charge in [-0.1, -0.05) is 27.2 Å². The van der Waals surface area contributed by atoms with Gasteiger partial charge in [0.05, 0.1) is 11.4 Å². The maximum absolute atomic E-state index is 4.41. The Bertz CT molecular complexity index is 284. The van der Waals surface area contributed by atoms with E-state index in [1.807, 2.05) is 26.2 Å². The maximum Gasteiger partial charge on any atom is 0.0621 e. The molecule has 0 spiro atoms. The minimum Gasteiger partial charge on any atom is -0.258 e. The first kappa shape index (κ1) is 12.2. The third-order valence-corrected chi connectivity index (χ3v) is 2.95. The van der Waals surface area contributed by atoms with E-state index in [0.717, 1.165) is 18.8 Å². The molecule has 2 nitrogen and oxygen atoms in total. The zero-order chi connectivity index (χ0) is 11.1. The minimum atomic E-state index is 0.831. The molecule has 0 N–H and O–H groups in total. The molecule has 0 aliphatic heterocycles. The van der Waals surface area contributed by atoms with Crippen LogP contribution in [-0.2, 0) is 12.8 Å². The van der Waals surface area contributed by atoms with Gasteiger partial charge in [0.15, 0.2) is 0 Å². The summed E-state index contributed by atoms with van der Waals surface area (Å²) in [5, 5.41) is 0. The van der Waals surface area contributed by atoms with Crippen LogP contribution in [0.3, 0.4) is 0 Å². The van der Waals surface area contributed by atoms with Crippen molar-refractivity contribution in [2.24, 2.45) is 5.92 Å². The molecule has 1 aromatic heterocycles. The van der Waals surface area contributed by atoms with E-state index < -0.39 is 0 Å². The largest absolute Gasteiger partial charge is 0.258 e. The number of hydrogen-bond acceptors (Lipinski definition) is 2. The van der Waals surface area contributed by atoms with Crippen molar-refractivity contribution < 1.29 is 0 Å². The van der Waals surface area contributed by atoms with Gasteiger partial charge in [0.25, 0.3) is 0 Å². The number of aryl methyl sites for hydroxylation is 1. The Balaban J connectivity index is 0.000000531. The number of hydrogen-bond donors (Lipinski definition) is 0. The van der Waals surface area contributed by atoms with Crippen LogP contribution in [0.5, 0.6) is 0 Å². The van der Waals surface area contributed by atoms with Crippen molar-refractivity contribution in [3.05, 3.63) is 23.8 Å². The first-order valence-electron chi connectivity index (χ1n) is 6.19. The minimum absolute atomic E-state index is 0.831. The summed E-state index contributed by atoms with van der Waals surface area (Å²) in [5.41, 5.74) is 2.48. The molecule has 0 amide bonds. The quantitative estimate of drug-likeness (QED) is 0.658. The molecule has 1 heterocycles. The van der Waals surface area contributed by atoms with Gasteiger partial charge in [-0.3, -0.25) is 9.97 Å². The van der Waals surface area contributed by atoms with E-state index in [9.17, 15) is 0 Å². The van der Waals surface area contributed by atoms with E-state index in [1.165, 1.54) is 30.7 Å². The lowest BCUT2D eigenvalue weighted by molar-refractivity contribution is 0.463. The van der Waals surface area contributed by atoms with Crippen LogP contribution in [0.15, 0.2) is 12.4 Å². The molecule has 1 aromatic rings. The van der Waals surface area contributed by atoms with Crippen molar-refractivity contribution in [1.82, 2.24) is 9.97 Å². The van der Waals surface area contributed by atoms with Crippen LogP contribution in [0.2, 0.25) is 0 Å². The second-order valence-corrected chi connectivity index (χ2v) is 3.82. The van der Waals surface area contributed by atoms with Crippen LogP contribution in [-0.4, -0.2) is 9.97 Å². The Morgan fingerprint density at radius 2 is 1.87 bits per heavy atom. The molecule has 0 saturated carbocycles. The molecule has 1 unspecified atom stereocenters. The van der Waals surface area contributed by atoms with Gasteiger partial charge in [-0.25, -0.2) is 0 Å². The van der Waals surface area contributed by atoms with Crippen molar-refractivity contribution in [2.75, 3.05) is 0 Å². The summed E-state index contributed by atoms with van der Waals surface area (Å²) in [6.45, 7) is 6.27. The number of nitrogens with zero attached hydrogens (tertiary/aromatic N) is 2. The summed E-state index contributed by atoms with van der Waals surface area (Å²) in [6, 6.07) is 0. The number of fused-ring (bicyclic) bond motifs is 1. The summed E-state index contributed by atoms with van der Waals surface area (Å²) < 4.78 is 0. The molecular weight excluding hydrogens is 184 g/mol. The van der Waals surface area contributed by atoms with Crippen LogP contribution in [0.1, 0.15) is 51.4 Å². The molecule has 15 heavy (non-hydrogen) atoms. The number of aromatic nitrogens is 2. The smallest absolute Gasteiger partial charge is 0.0621 e. The third-order valence-electron chi connectivity index (χ3n) is 2.95. The van der Waals surface area contributed by atoms with Crippen molar-refractivity contribution in [2.45, 2.75) is 52.9 Å². The molecule has 1 atom stereocenters. The average Bonchev–Trinajstić information content (AvgIpc) is 2.53. The molecule has 84 valence electrons. The lowest BCUT2D eigenvalue weighted by atomic mass is 9.97. The van der Waals surface area contributed by atoms with E-state index in [4.69, 9.17) is 0 Å². The van der Waals surface area contributed by atoms with Crippen molar-refractivity contribution in [3.63, 3.8) is 0 Å². The highest BCUT2D eigenvalue weighted by atomic mass is 14.8. The van der Waals surface area contributed by atoms with Gasteiger partial charge in [-0.2, -0.15) is 0 Å². The fraction of sp³-hybridized carbons (Fsp3) is 0.692. The summed E-state index contributed by atoms with van der Waals surface area (Å²) in [5.74, 6) is 0.831. The average molecular weight is 206 g/mol. The van der Waals surface area contributed by atoms with Crippen LogP contribution in [0.4, 0.5) is 0 Å². The Labute approximate surface area is 93.2 Å². The standard InChI is InChI=1S/C11H16N2.C2H6/c1-2-9-4-3-5-10-11(8-9)13-7-6-12-10;1-2/h6-7,9H,2-5,8H2,1H3;1-2H3. The predicted molar refractivity (Wildman–Crippen MR) is 63.8 cm³/mol. The fourth-order valence-electron chi connectivity index (χ4n) is 2.06. The highest BCUT2D eigenvalue weighted by Crippen LogP contribution is 2.23. The molecule has 0 fully saturated rings. The Kier molecular flexibility index (Phi) is 5.30. The van der Waals surface area contributed by atoms with Crippen LogP contribution in [0.25, 0.3) is 0 Å². The van der Waals surface area contributed by atoms with Gasteiger partial charge in [-0.05, 0) is 31.6 Å². The Morgan fingerprint density at radius 1 is 1.20 bits per heavy atom. The Hall–Kier alpha value is -0.920. The highest BCUT2D eigenvalue weighted by Gasteiger charge is 2.16. The van der Waals surface area contributed by atoms with Gasteiger partial charge in [0, 0.05) is 12.4 Å². The second kappa shape index (κ2) is 6.54. The molecule has 2 heteroatoms. The number of rotatable bonds is 1. The topological polar surface area (TPSA) is 25.8 Å². The van der Waals surface area contributed by atoms with Crippen molar-refractivity contribution in [1.29, 1.82) is 0 Å². The fourth-order valence-corrected chi connectivity index (χ4v) is 2.06. The lowest BCUT2D eigenvalue weighted by Crippen LogP contribution is -2.03. The molecule has 1 aliphatic carbocycles. The zero-order valence-electron chi connectivity index (χ0n) is 10.2. The van der Waals surface area contributed by atoms with Crippen LogP contribution >= 0.6 is 0 Å². The molecule has 2 rings (SSSR count).